The molecule has 0 aliphatic carbocycles. The normalized spacial score (nSPS) is 16.5. The van der Waals surface area contributed by atoms with Gasteiger partial charge in [-0.25, -0.2) is 14.2 Å². The Morgan fingerprint density at radius 2 is 2.03 bits per heavy atom. The van der Waals surface area contributed by atoms with Crippen molar-refractivity contribution in [3.63, 3.8) is 0 Å². The van der Waals surface area contributed by atoms with E-state index in [1.54, 1.807) is 43.1 Å². The third-order valence-electron chi connectivity index (χ3n) is 5.63. The van der Waals surface area contributed by atoms with E-state index in [0.717, 1.165) is 24.1 Å². The monoisotopic (exact) mass is 424 g/mol. The summed E-state index contributed by atoms with van der Waals surface area (Å²) in [5, 5.41) is 0. The first kappa shape index (κ1) is 21.0. The van der Waals surface area contributed by atoms with E-state index in [1.807, 2.05) is 0 Å². The molecule has 3 aromatic rings. The second-order valence-electron chi connectivity index (χ2n) is 8.05. The average molecular weight is 424 g/mol. The molecule has 4 rings (SSSR count). The Morgan fingerprint density at radius 1 is 1.26 bits per heavy atom. The van der Waals surface area contributed by atoms with Gasteiger partial charge in [-0.05, 0) is 50.5 Å². The van der Waals surface area contributed by atoms with Gasteiger partial charge in [0.05, 0.1) is 12.1 Å². The average Bonchev–Trinajstić information content (AvgIpc) is 3.21. The van der Waals surface area contributed by atoms with Crippen molar-refractivity contribution in [2.75, 3.05) is 13.1 Å². The second-order valence-corrected chi connectivity index (χ2v) is 8.05. The predicted octanol–water partition coefficient (Wildman–Crippen LogP) is 2.98. The number of nitrogens with zero attached hydrogens (tertiary/aromatic N) is 4. The summed E-state index contributed by atoms with van der Waals surface area (Å²) in [6.45, 7) is 4.69. The molecule has 1 fully saturated rings. The molecule has 1 aliphatic rings. The minimum atomic E-state index is -0.405. The number of benzene rings is 1. The van der Waals surface area contributed by atoms with Crippen LogP contribution in [0.5, 0.6) is 0 Å². The fourth-order valence-corrected chi connectivity index (χ4v) is 4.00. The number of amides is 1. The van der Waals surface area contributed by atoms with Crippen LogP contribution in [0.3, 0.4) is 0 Å². The van der Waals surface area contributed by atoms with Gasteiger partial charge in [-0.1, -0.05) is 12.1 Å². The lowest BCUT2D eigenvalue weighted by Crippen LogP contribution is -2.42. The molecule has 2 aromatic heterocycles. The highest BCUT2D eigenvalue weighted by molar-refractivity contribution is 5.76. The molecule has 1 saturated heterocycles. The maximum absolute atomic E-state index is 13.1. The number of aromatic nitrogens is 3. The molecule has 162 valence electrons. The summed E-state index contributed by atoms with van der Waals surface area (Å²) < 4.78 is 20.4. The third-order valence-corrected chi connectivity index (χ3v) is 5.63. The zero-order valence-electron chi connectivity index (χ0n) is 17.7. The molecule has 31 heavy (non-hydrogen) atoms. The van der Waals surface area contributed by atoms with Gasteiger partial charge in [-0.15, -0.1) is 0 Å². The highest BCUT2D eigenvalue weighted by Crippen LogP contribution is 2.27. The third kappa shape index (κ3) is 4.90. The Labute approximate surface area is 179 Å². The van der Waals surface area contributed by atoms with Gasteiger partial charge < -0.3 is 9.32 Å². The van der Waals surface area contributed by atoms with Crippen LogP contribution in [0.4, 0.5) is 4.39 Å². The lowest BCUT2D eigenvalue weighted by molar-refractivity contribution is -0.133. The number of piperidine rings is 1. The van der Waals surface area contributed by atoms with Gasteiger partial charge in [0.25, 0.3) is 0 Å². The largest absolute Gasteiger partial charge is 0.445 e. The molecular weight excluding hydrogens is 399 g/mol. The van der Waals surface area contributed by atoms with E-state index < -0.39 is 5.69 Å². The van der Waals surface area contributed by atoms with Crippen molar-refractivity contribution in [3.8, 4) is 0 Å². The van der Waals surface area contributed by atoms with Crippen LogP contribution in [-0.2, 0) is 17.8 Å². The lowest BCUT2D eigenvalue weighted by Gasteiger charge is -2.31. The summed E-state index contributed by atoms with van der Waals surface area (Å²) in [7, 11) is 0. The minimum absolute atomic E-state index is 0.00799. The number of hydrogen-bond donors (Lipinski definition) is 0. The Hall–Kier alpha value is -3.29. The summed E-state index contributed by atoms with van der Waals surface area (Å²) in [6, 6.07) is 8.09. The van der Waals surface area contributed by atoms with E-state index in [-0.39, 0.29) is 24.2 Å². The molecule has 3 heterocycles. The molecule has 1 aromatic carbocycles. The fraction of sp³-hybridized carbons (Fsp3) is 0.391. The van der Waals surface area contributed by atoms with Crippen molar-refractivity contribution >= 4 is 5.91 Å². The first-order valence-corrected chi connectivity index (χ1v) is 10.4. The maximum atomic E-state index is 13.1. The van der Waals surface area contributed by atoms with Crippen LogP contribution < -0.4 is 5.69 Å². The van der Waals surface area contributed by atoms with Crippen LogP contribution in [0, 0.1) is 19.7 Å². The number of carbonyl (C=O) groups excluding carboxylic acids is 1. The van der Waals surface area contributed by atoms with E-state index in [1.165, 1.54) is 16.7 Å². The number of oxazole rings is 1. The molecular formula is C23H25FN4O3. The smallest absolute Gasteiger partial charge is 0.348 e. The number of hydrogen-bond acceptors (Lipinski definition) is 5. The summed E-state index contributed by atoms with van der Waals surface area (Å²) in [4.78, 5) is 35.2. The molecule has 8 heteroatoms. The molecule has 1 atom stereocenters. The molecule has 0 bridgehead atoms. The van der Waals surface area contributed by atoms with Gasteiger partial charge in [0, 0.05) is 30.9 Å². The SMILES string of the molecule is Cc1cc(C)n(CC(=O)N2CCC[C@@H](c3ncc(Cc4ccc(F)cc4)o3)C2)c(=O)n1. The first-order chi connectivity index (χ1) is 14.9. The van der Waals surface area contributed by atoms with Gasteiger partial charge in [-0.3, -0.25) is 9.36 Å². The highest BCUT2D eigenvalue weighted by Gasteiger charge is 2.28. The van der Waals surface area contributed by atoms with Crippen molar-refractivity contribution in [1.29, 1.82) is 0 Å². The number of likely N-dealkylation sites (tertiary alicyclic amines) is 1. The Kier molecular flexibility index (Phi) is 5.97. The number of halogens is 1. The molecule has 0 saturated carbocycles. The summed E-state index contributed by atoms with van der Waals surface area (Å²) in [5.41, 5.74) is 1.90. The van der Waals surface area contributed by atoms with E-state index in [9.17, 15) is 14.0 Å². The zero-order valence-corrected chi connectivity index (χ0v) is 17.7. The summed E-state index contributed by atoms with van der Waals surface area (Å²) in [6.07, 6.45) is 3.95. The fourth-order valence-electron chi connectivity index (χ4n) is 4.00. The van der Waals surface area contributed by atoms with Crippen LogP contribution >= 0.6 is 0 Å². The lowest BCUT2D eigenvalue weighted by atomic mass is 9.98. The molecule has 0 radical (unpaired) electrons. The van der Waals surface area contributed by atoms with E-state index in [2.05, 4.69) is 9.97 Å². The maximum Gasteiger partial charge on any atom is 0.348 e. The van der Waals surface area contributed by atoms with Crippen LogP contribution in [0.15, 0.2) is 45.7 Å². The van der Waals surface area contributed by atoms with E-state index in [4.69, 9.17) is 4.42 Å². The Balaban J connectivity index is 1.42. The molecule has 7 nitrogen and oxygen atoms in total. The van der Waals surface area contributed by atoms with Crippen molar-refractivity contribution in [3.05, 3.63) is 81.4 Å². The zero-order chi connectivity index (χ0) is 22.0. The van der Waals surface area contributed by atoms with Gasteiger partial charge in [0.2, 0.25) is 5.91 Å². The van der Waals surface area contributed by atoms with E-state index >= 15 is 0 Å². The molecule has 0 unspecified atom stereocenters. The molecule has 0 spiro atoms. The molecule has 1 aliphatic heterocycles. The standard InChI is InChI=1S/C23H25FN4O3/c1-15-10-16(2)28(23(30)26-15)14-21(29)27-9-3-4-18(13-27)22-25-12-20(31-22)11-17-5-7-19(24)8-6-17/h5-8,10,12,18H,3-4,9,11,13-14H2,1-2H3/t18-/m1/s1. The molecule has 0 N–H and O–H groups in total. The van der Waals surface area contributed by atoms with Gasteiger partial charge in [0.15, 0.2) is 5.89 Å². The van der Waals surface area contributed by atoms with Gasteiger partial charge in [0.1, 0.15) is 18.1 Å². The van der Waals surface area contributed by atoms with Crippen molar-refractivity contribution in [1.82, 2.24) is 19.4 Å². The van der Waals surface area contributed by atoms with Crippen molar-refractivity contribution in [2.45, 2.75) is 45.6 Å². The summed E-state index contributed by atoms with van der Waals surface area (Å²) in [5.74, 6) is 0.943. The second kappa shape index (κ2) is 8.83. The highest BCUT2D eigenvalue weighted by atomic mass is 19.1. The number of aryl methyl sites for hydroxylation is 2. The predicted molar refractivity (Wildman–Crippen MR) is 112 cm³/mol. The van der Waals surface area contributed by atoms with Gasteiger partial charge >= 0.3 is 5.69 Å². The topological polar surface area (TPSA) is 81.2 Å². The van der Waals surface area contributed by atoms with Crippen LogP contribution in [-0.4, -0.2) is 38.4 Å². The van der Waals surface area contributed by atoms with Crippen molar-refractivity contribution in [2.24, 2.45) is 0 Å². The minimum Gasteiger partial charge on any atom is -0.445 e. The van der Waals surface area contributed by atoms with Crippen LogP contribution in [0.1, 0.15) is 47.4 Å². The first-order valence-electron chi connectivity index (χ1n) is 10.4. The Bertz CT molecular complexity index is 1140. The Morgan fingerprint density at radius 3 is 2.77 bits per heavy atom. The summed E-state index contributed by atoms with van der Waals surface area (Å²) >= 11 is 0. The van der Waals surface area contributed by atoms with Crippen LogP contribution in [0.25, 0.3) is 0 Å². The molecule has 1 amide bonds. The van der Waals surface area contributed by atoms with E-state index in [0.29, 0.717) is 36.9 Å². The van der Waals surface area contributed by atoms with Crippen molar-refractivity contribution < 1.29 is 13.6 Å². The quantitative estimate of drug-likeness (QED) is 0.629. The number of carbonyl (C=O) groups is 1. The van der Waals surface area contributed by atoms with Crippen LogP contribution in [0.2, 0.25) is 0 Å². The van der Waals surface area contributed by atoms with Gasteiger partial charge in [-0.2, -0.15) is 4.98 Å². The number of rotatable bonds is 5.